The molecule has 0 bridgehead atoms. The fourth-order valence-electron chi connectivity index (χ4n) is 4.03. The van der Waals surface area contributed by atoms with Gasteiger partial charge in [-0.1, -0.05) is 0 Å². The molecule has 3 heterocycles. The Morgan fingerprint density at radius 2 is 1.84 bits per heavy atom. The molecule has 168 valence electrons. The number of benzene rings is 1. The van der Waals surface area contributed by atoms with Crippen molar-refractivity contribution >= 4 is 52.9 Å². The summed E-state index contributed by atoms with van der Waals surface area (Å²) >= 11 is 1.79. The van der Waals surface area contributed by atoms with Crippen LogP contribution in [-0.2, 0) is 17.8 Å². The lowest BCUT2D eigenvalue weighted by atomic mass is 10.1. The number of nitrogens with zero attached hydrogens (tertiary/aromatic N) is 4. The highest BCUT2D eigenvalue weighted by atomic mass is 127. The number of guanidine groups is 1. The average molecular weight is 555 g/mol. The first-order valence-corrected chi connectivity index (χ1v) is 11.2. The number of thiophene rings is 1. The molecule has 2 aliphatic rings. The number of amides is 1. The van der Waals surface area contributed by atoms with Crippen molar-refractivity contribution in [2.45, 2.75) is 13.0 Å². The van der Waals surface area contributed by atoms with Crippen LogP contribution in [0.15, 0.2) is 40.7 Å². The van der Waals surface area contributed by atoms with Gasteiger partial charge in [-0.2, -0.15) is 0 Å². The smallest absolute Gasteiger partial charge is 0.242 e. The highest BCUT2D eigenvalue weighted by molar-refractivity contribution is 14.0. The summed E-state index contributed by atoms with van der Waals surface area (Å²) in [5, 5.41) is 5.39. The number of carbonyl (C=O) groups is 1. The number of anilines is 1. The molecule has 1 fully saturated rings. The van der Waals surface area contributed by atoms with E-state index in [2.05, 4.69) is 43.7 Å². The Balaban J connectivity index is 0.00000272. The Hall–Kier alpha value is -2.01. The molecule has 0 unspecified atom stereocenters. The van der Waals surface area contributed by atoms with E-state index in [0.717, 1.165) is 57.4 Å². The van der Waals surface area contributed by atoms with E-state index in [1.807, 2.05) is 17.0 Å². The van der Waals surface area contributed by atoms with Gasteiger partial charge >= 0.3 is 0 Å². The van der Waals surface area contributed by atoms with Crippen molar-refractivity contribution in [1.82, 2.24) is 15.1 Å². The van der Waals surface area contributed by atoms with Gasteiger partial charge in [-0.3, -0.25) is 9.79 Å². The lowest BCUT2D eigenvalue weighted by molar-refractivity contribution is -0.130. The summed E-state index contributed by atoms with van der Waals surface area (Å²) in [5.74, 6) is 1.80. The topological polar surface area (TPSA) is 60.4 Å². The standard InChI is InChI=1S/C22H29N5O2S.HI/c1-23-22(24-15-21(28)27-9-7-20-17(16-27)8-14-30-20)26-12-10-25(11-13-26)18-3-5-19(29-2)6-4-18;/h3-6,8,14H,7,9-13,15-16H2,1-2H3,(H,23,24);1H. The van der Waals surface area contributed by atoms with E-state index in [4.69, 9.17) is 4.74 Å². The van der Waals surface area contributed by atoms with Gasteiger partial charge in [0, 0.05) is 56.9 Å². The molecule has 0 aliphatic carbocycles. The molecule has 0 spiro atoms. The molecule has 9 heteroatoms. The van der Waals surface area contributed by atoms with Crippen LogP contribution in [0.3, 0.4) is 0 Å². The molecule has 1 N–H and O–H groups in total. The molecule has 1 aromatic carbocycles. The summed E-state index contributed by atoms with van der Waals surface area (Å²) in [6.45, 7) is 5.35. The van der Waals surface area contributed by atoms with Crippen molar-refractivity contribution in [1.29, 1.82) is 0 Å². The lowest BCUT2D eigenvalue weighted by Gasteiger charge is -2.38. The van der Waals surface area contributed by atoms with Gasteiger partial charge < -0.3 is 24.8 Å². The van der Waals surface area contributed by atoms with Crippen molar-refractivity contribution < 1.29 is 9.53 Å². The van der Waals surface area contributed by atoms with Crippen molar-refractivity contribution in [2.75, 3.05) is 58.3 Å². The zero-order chi connectivity index (χ0) is 20.9. The van der Waals surface area contributed by atoms with Gasteiger partial charge in [0.2, 0.25) is 5.91 Å². The number of rotatable bonds is 4. The second kappa shape index (κ2) is 11.0. The van der Waals surface area contributed by atoms with Crippen LogP contribution in [0.4, 0.5) is 5.69 Å². The molecule has 1 aromatic heterocycles. The molecule has 2 aromatic rings. The normalized spacial score (nSPS) is 16.5. The summed E-state index contributed by atoms with van der Waals surface area (Å²) < 4.78 is 5.24. The van der Waals surface area contributed by atoms with E-state index in [-0.39, 0.29) is 36.4 Å². The predicted molar refractivity (Wildman–Crippen MR) is 137 cm³/mol. The maximum Gasteiger partial charge on any atom is 0.242 e. The van der Waals surface area contributed by atoms with E-state index >= 15 is 0 Å². The first-order valence-electron chi connectivity index (χ1n) is 10.4. The molecule has 7 nitrogen and oxygen atoms in total. The Bertz CT molecular complexity index is 894. The zero-order valence-corrected chi connectivity index (χ0v) is 21.2. The number of hydrogen-bond acceptors (Lipinski definition) is 5. The maximum atomic E-state index is 12.7. The minimum absolute atomic E-state index is 0. The maximum absolute atomic E-state index is 12.7. The summed E-state index contributed by atoms with van der Waals surface area (Å²) in [7, 11) is 3.46. The Morgan fingerprint density at radius 3 is 2.52 bits per heavy atom. The molecule has 1 saturated heterocycles. The van der Waals surface area contributed by atoms with Gasteiger partial charge in [0.25, 0.3) is 0 Å². The number of fused-ring (bicyclic) bond motifs is 1. The number of aliphatic imine (C=N–C) groups is 1. The summed E-state index contributed by atoms with van der Waals surface area (Å²) in [6.07, 6.45) is 0.959. The molecular formula is C22H30IN5O2S. The molecular weight excluding hydrogens is 525 g/mol. The fourth-order valence-corrected chi connectivity index (χ4v) is 4.92. The van der Waals surface area contributed by atoms with Crippen molar-refractivity contribution in [3.8, 4) is 5.75 Å². The Labute approximate surface area is 205 Å². The number of piperazine rings is 1. The first kappa shape index (κ1) is 23.6. The van der Waals surface area contributed by atoms with Crippen LogP contribution in [0, 0.1) is 0 Å². The monoisotopic (exact) mass is 555 g/mol. The van der Waals surface area contributed by atoms with Crippen LogP contribution >= 0.6 is 35.3 Å². The van der Waals surface area contributed by atoms with Crippen LogP contribution in [0.1, 0.15) is 10.4 Å². The highest BCUT2D eigenvalue weighted by Crippen LogP contribution is 2.24. The quantitative estimate of drug-likeness (QED) is 0.357. The molecule has 0 radical (unpaired) electrons. The van der Waals surface area contributed by atoms with Crippen molar-refractivity contribution in [3.05, 3.63) is 46.2 Å². The van der Waals surface area contributed by atoms with Gasteiger partial charge in [-0.05, 0) is 47.7 Å². The van der Waals surface area contributed by atoms with E-state index in [0.29, 0.717) is 0 Å². The number of ether oxygens (including phenoxy) is 1. The van der Waals surface area contributed by atoms with E-state index in [9.17, 15) is 4.79 Å². The summed E-state index contributed by atoms with van der Waals surface area (Å²) in [5.41, 5.74) is 2.49. The number of hydrogen-bond donors (Lipinski definition) is 1. The fraction of sp³-hybridized carbons (Fsp3) is 0.455. The third-order valence-electron chi connectivity index (χ3n) is 5.79. The van der Waals surface area contributed by atoms with Crippen molar-refractivity contribution in [2.24, 2.45) is 4.99 Å². The first-order chi connectivity index (χ1) is 14.7. The largest absolute Gasteiger partial charge is 0.497 e. The zero-order valence-electron chi connectivity index (χ0n) is 18.0. The van der Waals surface area contributed by atoms with E-state index < -0.39 is 0 Å². The van der Waals surface area contributed by atoms with Gasteiger partial charge in [0.15, 0.2) is 5.96 Å². The van der Waals surface area contributed by atoms with E-state index in [1.165, 1.54) is 16.1 Å². The SMILES string of the molecule is CN=C(NCC(=O)N1CCc2sccc2C1)N1CCN(c2ccc(OC)cc2)CC1.I. The third kappa shape index (κ3) is 5.62. The van der Waals surface area contributed by atoms with Gasteiger partial charge in [0.05, 0.1) is 13.7 Å². The molecule has 0 atom stereocenters. The lowest BCUT2D eigenvalue weighted by Crippen LogP contribution is -2.54. The van der Waals surface area contributed by atoms with Crippen LogP contribution in [0.2, 0.25) is 0 Å². The van der Waals surface area contributed by atoms with Gasteiger partial charge in [-0.15, -0.1) is 35.3 Å². The van der Waals surface area contributed by atoms with Gasteiger partial charge in [0.1, 0.15) is 5.75 Å². The number of carbonyl (C=O) groups excluding carboxylic acids is 1. The van der Waals surface area contributed by atoms with Crippen LogP contribution in [-0.4, -0.2) is 75.1 Å². The highest BCUT2D eigenvalue weighted by Gasteiger charge is 2.23. The molecule has 2 aliphatic heterocycles. The van der Waals surface area contributed by atoms with Crippen LogP contribution in [0.5, 0.6) is 5.75 Å². The second-order valence-electron chi connectivity index (χ2n) is 7.51. The van der Waals surface area contributed by atoms with Gasteiger partial charge in [-0.25, -0.2) is 0 Å². The van der Waals surface area contributed by atoms with Crippen LogP contribution < -0.4 is 15.0 Å². The predicted octanol–water partition coefficient (Wildman–Crippen LogP) is 2.66. The summed E-state index contributed by atoms with van der Waals surface area (Å²) in [4.78, 5) is 25.0. The summed E-state index contributed by atoms with van der Waals surface area (Å²) in [6, 6.07) is 10.3. The van der Waals surface area contributed by atoms with Crippen LogP contribution in [0.25, 0.3) is 0 Å². The molecule has 4 rings (SSSR count). The number of methoxy groups -OCH3 is 1. The Kier molecular flexibility index (Phi) is 8.42. The number of halogens is 1. The van der Waals surface area contributed by atoms with Crippen molar-refractivity contribution in [3.63, 3.8) is 0 Å². The van der Waals surface area contributed by atoms with E-state index in [1.54, 1.807) is 25.5 Å². The number of nitrogens with one attached hydrogen (secondary N) is 1. The second-order valence-corrected chi connectivity index (χ2v) is 8.51. The third-order valence-corrected chi connectivity index (χ3v) is 6.81. The minimum atomic E-state index is 0. The Morgan fingerprint density at radius 1 is 1.10 bits per heavy atom. The minimum Gasteiger partial charge on any atom is -0.497 e. The molecule has 1 amide bonds. The average Bonchev–Trinajstić information content (AvgIpc) is 3.28. The molecule has 0 saturated carbocycles. The molecule has 31 heavy (non-hydrogen) atoms.